The molecule has 1 aromatic heterocycles. The number of aromatic nitrogens is 1. The average Bonchev–Trinajstić information content (AvgIpc) is 2.92. The lowest BCUT2D eigenvalue weighted by molar-refractivity contribution is -0.124. The van der Waals surface area contributed by atoms with Gasteiger partial charge in [0.25, 0.3) is 6.01 Å². The third kappa shape index (κ3) is 2.05. The Bertz CT molecular complexity index is 640. The topological polar surface area (TPSA) is 93.6 Å². The van der Waals surface area contributed by atoms with Crippen LogP contribution in [0.3, 0.4) is 0 Å². The first kappa shape index (κ1) is 12.7. The Morgan fingerprint density at radius 3 is 3.15 bits per heavy atom. The van der Waals surface area contributed by atoms with E-state index in [1.54, 1.807) is 19.2 Å². The number of morpholine rings is 1. The first-order valence-corrected chi connectivity index (χ1v) is 6.41. The molecule has 1 fully saturated rings. The zero-order chi connectivity index (χ0) is 14.1. The number of nitrogens with two attached hydrogens (primary N) is 1. The van der Waals surface area contributed by atoms with Gasteiger partial charge in [-0.05, 0) is 12.1 Å². The van der Waals surface area contributed by atoms with E-state index in [1.807, 2.05) is 11.0 Å². The number of anilines is 2. The van der Waals surface area contributed by atoms with Crippen LogP contribution in [0.1, 0.15) is 0 Å². The lowest BCUT2D eigenvalue weighted by atomic mass is 10.2. The number of hydrogen-bond acceptors (Lipinski definition) is 6. The second kappa shape index (κ2) is 5.01. The number of benzene rings is 1. The summed E-state index contributed by atoms with van der Waals surface area (Å²) in [6.07, 6.45) is 0. The van der Waals surface area contributed by atoms with Crippen LogP contribution in [-0.2, 0) is 9.53 Å². The van der Waals surface area contributed by atoms with Crippen LogP contribution in [0.4, 0.5) is 11.7 Å². The number of nitrogens with zero attached hydrogens (tertiary/aromatic N) is 2. The van der Waals surface area contributed by atoms with Crippen molar-refractivity contribution in [1.29, 1.82) is 0 Å². The van der Waals surface area contributed by atoms with Crippen molar-refractivity contribution < 1.29 is 13.9 Å². The third-order valence-electron chi connectivity index (χ3n) is 3.36. The highest BCUT2D eigenvalue weighted by Gasteiger charge is 2.32. The second-order valence-corrected chi connectivity index (χ2v) is 4.59. The molecule has 3 N–H and O–H groups in total. The maximum absolute atomic E-state index is 11.9. The molecule has 1 aromatic carbocycles. The number of nitrogens with one attached hydrogen (secondary N) is 1. The highest BCUT2D eigenvalue weighted by Crippen LogP contribution is 2.27. The van der Waals surface area contributed by atoms with Gasteiger partial charge in [-0.3, -0.25) is 4.79 Å². The van der Waals surface area contributed by atoms with Crippen LogP contribution in [0, 0.1) is 0 Å². The van der Waals surface area contributed by atoms with E-state index in [2.05, 4.69) is 10.3 Å². The lowest BCUT2D eigenvalue weighted by Crippen LogP contribution is -2.53. The van der Waals surface area contributed by atoms with Crippen molar-refractivity contribution >= 4 is 28.7 Å². The molecular weight excluding hydrogens is 260 g/mol. The fourth-order valence-corrected chi connectivity index (χ4v) is 2.30. The summed E-state index contributed by atoms with van der Waals surface area (Å²) in [5.41, 5.74) is 7.66. The SMILES string of the molecule is CNC(=O)C1COCCN1c1nc2c(N)cccc2o1. The van der Waals surface area contributed by atoms with Gasteiger partial charge < -0.3 is 25.1 Å². The monoisotopic (exact) mass is 276 g/mol. The molecule has 0 bridgehead atoms. The van der Waals surface area contributed by atoms with Crippen LogP contribution in [0.2, 0.25) is 0 Å². The number of rotatable bonds is 2. The molecule has 0 radical (unpaired) electrons. The number of nitrogen functional groups attached to an aromatic ring is 1. The quantitative estimate of drug-likeness (QED) is 0.769. The molecule has 0 spiro atoms. The number of oxazole rings is 1. The van der Waals surface area contributed by atoms with Crippen molar-refractivity contribution in [1.82, 2.24) is 10.3 Å². The number of hydrogen-bond donors (Lipinski definition) is 2. The molecule has 1 amide bonds. The molecule has 2 heterocycles. The highest BCUT2D eigenvalue weighted by molar-refractivity contribution is 5.88. The van der Waals surface area contributed by atoms with E-state index >= 15 is 0 Å². The smallest absolute Gasteiger partial charge is 0.299 e. The summed E-state index contributed by atoms with van der Waals surface area (Å²) < 4.78 is 11.1. The van der Waals surface area contributed by atoms with Crippen LogP contribution >= 0.6 is 0 Å². The van der Waals surface area contributed by atoms with Gasteiger partial charge in [-0.2, -0.15) is 4.98 Å². The van der Waals surface area contributed by atoms with Gasteiger partial charge in [0.1, 0.15) is 11.6 Å². The Kier molecular flexibility index (Phi) is 3.19. The molecule has 7 heteroatoms. The minimum absolute atomic E-state index is 0.125. The number of para-hydroxylation sites is 1. The van der Waals surface area contributed by atoms with Crippen LogP contribution in [-0.4, -0.2) is 43.7 Å². The maximum atomic E-state index is 11.9. The predicted molar refractivity (Wildman–Crippen MR) is 74.4 cm³/mol. The van der Waals surface area contributed by atoms with Crippen LogP contribution in [0.25, 0.3) is 11.1 Å². The summed E-state index contributed by atoms with van der Waals surface area (Å²) in [4.78, 5) is 18.1. The average molecular weight is 276 g/mol. The summed E-state index contributed by atoms with van der Waals surface area (Å²) in [6.45, 7) is 1.39. The largest absolute Gasteiger partial charge is 0.423 e. The minimum Gasteiger partial charge on any atom is -0.423 e. The summed E-state index contributed by atoms with van der Waals surface area (Å²) >= 11 is 0. The molecule has 1 atom stereocenters. The van der Waals surface area contributed by atoms with Crippen molar-refractivity contribution in [3.05, 3.63) is 18.2 Å². The van der Waals surface area contributed by atoms with Crippen molar-refractivity contribution in [3.8, 4) is 0 Å². The molecule has 106 valence electrons. The molecule has 0 saturated carbocycles. The van der Waals surface area contributed by atoms with Crippen LogP contribution < -0.4 is 16.0 Å². The first-order chi connectivity index (χ1) is 9.70. The van der Waals surface area contributed by atoms with E-state index in [-0.39, 0.29) is 5.91 Å². The Labute approximate surface area is 115 Å². The van der Waals surface area contributed by atoms with E-state index in [0.717, 1.165) is 0 Å². The van der Waals surface area contributed by atoms with Gasteiger partial charge in [-0.25, -0.2) is 0 Å². The van der Waals surface area contributed by atoms with Crippen molar-refractivity contribution in [2.75, 3.05) is 37.4 Å². The Morgan fingerprint density at radius 2 is 2.40 bits per heavy atom. The fourth-order valence-electron chi connectivity index (χ4n) is 2.30. The van der Waals surface area contributed by atoms with E-state index < -0.39 is 6.04 Å². The van der Waals surface area contributed by atoms with E-state index in [9.17, 15) is 4.79 Å². The lowest BCUT2D eigenvalue weighted by Gasteiger charge is -2.32. The van der Waals surface area contributed by atoms with E-state index in [1.165, 1.54) is 0 Å². The van der Waals surface area contributed by atoms with Gasteiger partial charge in [0.05, 0.1) is 18.9 Å². The molecule has 1 saturated heterocycles. The Balaban J connectivity index is 1.99. The van der Waals surface area contributed by atoms with Crippen LogP contribution in [0.15, 0.2) is 22.6 Å². The van der Waals surface area contributed by atoms with Gasteiger partial charge in [-0.1, -0.05) is 6.07 Å². The molecule has 0 aliphatic carbocycles. The van der Waals surface area contributed by atoms with Crippen molar-refractivity contribution in [2.45, 2.75) is 6.04 Å². The van der Waals surface area contributed by atoms with Crippen molar-refractivity contribution in [2.24, 2.45) is 0 Å². The maximum Gasteiger partial charge on any atom is 0.299 e. The number of ether oxygens (including phenoxy) is 1. The molecule has 3 rings (SSSR count). The van der Waals surface area contributed by atoms with Crippen molar-refractivity contribution in [3.63, 3.8) is 0 Å². The Hall–Kier alpha value is -2.28. The van der Waals surface area contributed by atoms with E-state index in [4.69, 9.17) is 14.9 Å². The number of carbonyl (C=O) groups excluding carboxylic acids is 1. The Morgan fingerprint density at radius 1 is 1.55 bits per heavy atom. The summed E-state index contributed by atoms with van der Waals surface area (Å²) in [5, 5.41) is 2.62. The number of likely N-dealkylation sites (N-methyl/N-ethyl adjacent to an activating group) is 1. The normalized spacial score (nSPS) is 19.2. The van der Waals surface area contributed by atoms with Gasteiger partial charge in [0.2, 0.25) is 5.91 Å². The van der Waals surface area contributed by atoms with Gasteiger partial charge in [0, 0.05) is 13.6 Å². The predicted octanol–water partition coefficient (Wildman–Crippen LogP) is 0.361. The highest BCUT2D eigenvalue weighted by atomic mass is 16.5. The number of fused-ring (bicyclic) bond motifs is 1. The number of amides is 1. The molecule has 2 aromatic rings. The molecule has 1 aliphatic heterocycles. The molecular formula is C13H16N4O3. The van der Waals surface area contributed by atoms with Gasteiger partial charge in [-0.15, -0.1) is 0 Å². The molecule has 1 unspecified atom stereocenters. The number of carbonyl (C=O) groups is 1. The van der Waals surface area contributed by atoms with Gasteiger partial charge >= 0.3 is 0 Å². The minimum atomic E-state index is -0.442. The molecule has 1 aliphatic rings. The van der Waals surface area contributed by atoms with E-state index in [0.29, 0.717) is 42.6 Å². The fraction of sp³-hybridized carbons (Fsp3) is 0.385. The molecule has 20 heavy (non-hydrogen) atoms. The standard InChI is InChI=1S/C13H16N4O3/c1-15-12(18)9-7-19-6-5-17(9)13-16-11-8(14)3-2-4-10(11)20-13/h2-4,9H,5-7,14H2,1H3,(H,15,18). The zero-order valence-electron chi connectivity index (χ0n) is 11.1. The summed E-state index contributed by atoms with van der Waals surface area (Å²) in [5.74, 6) is -0.125. The first-order valence-electron chi connectivity index (χ1n) is 6.41. The summed E-state index contributed by atoms with van der Waals surface area (Å²) in [7, 11) is 1.60. The third-order valence-corrected chi connectivity index (χ3v) is 3.36. The molecule has 7 nitrogen and oxygen atoms in total. The van der Waals surface area contributed by atoms with Gasteiger partial charge in [0.15, 0.2) is 5.58 Å². The zero-order valence-corrected chi connectivity index (χ0v) is 11.1. The van der Waals surface area contributed by atoms with Crippen LogP contribution in [0.5, 0.6) is 0 Å². The second-order valence-electron chi connectivity index (χ2n) is 4.59. The summed E-state index contributed by atoms with van der Waals surface area (Å²) in [6, 6.07) is 5.34.